The van der Waals surface area contributed by atoms with Gasteiger partial charge < -0.3 is 4.90 Å². The molecule has 2 rings (SSSR count). The number of nitriles is 1. The van der Waals surface area contributed by atoms with Crippen LogP contribution in [0.5, 0.6) is 0 Å². The minimum atomic E-state index is -0.138. The molecule has 1 aliphatic carbocycles. The summed E-state index contributed by atoms with van der Waals surface area (Å²) in [5, 5.41) is 9.06. The SMILES string of the molecule is CCC(=O)N1CC=C(C2(C#N)CC2)CC1. The maximum atomic E-state index is 11.4. The molecule has 1 saturated carbocycles. The molecule has 0 aromatic carbocycles. The Morgan fingerprint density at radius 1 is 1.67 bits per heavy atom. The third-order valence-electron chi connectivity index (χ3n) is 3.44. The van der Waals surface area contributed by atoms with Crippen LogP contribution < -0.4 is 0 Å². The van der Waals surface area contributed by atoms with Crippen molar-refractivity contribution >= 4 is 5.91 Å². The van der Waals surface area contributed by atoms with E-state index in [1.165, 1.54) is 5.57 Å². The average Bonchev–Trinajstić information content (AvgIpc) is 3.09. The van der Waals surface area contributed by atoms with Crippen LogP contribution in [0.3, 0.4) is 0 Å². The van der Waals surface area contributed by atoms with Crippen LogP contribution in [0, 0.1) is 16.7 Å². The fourth-order valence-electron chi connectivity index (χ4n) is 2.18. The number of carbonyl (C=O) groups is 1. The quantitative estimate of drug-likeness (QED) is 0.644. The Morgan fingerprint density at radius 3 is 2.80 bits per heavy atom. The number of hydrogen-bond donors (Lipinski definition) is 0. The number of amides is 1. The average molecular weight is 204 g/mol. The Labute approximate surface area is 90.4 Å². The summed E-state index contributed by atoms with van der Waals surface area (Å²) in [6.07, 6.45) is 5.58. The summed E-state index contributed by atoms with van der Waals surface area (Å²) in [4.78, 5) is 13.3. The van der Waals surface area contributed by atoms with E-state index in [0.717, 1.165) is 25.8 Å². The van der Waals surface area contributed by atoms with Crippen molar-refractivity contribution < 1.29 is 4.79 Å². The lowest BCUT2D eigenvalue weighted by molar-refractivity contribution is -0.130. The zero-order valence-corrected chi connectivity index (χ0v) is 9.12. The highest BCUT2D eigenvalue weighted by atomic mass is 16.2. The van der Waals surface area contributed by atoms with E-state index >= 15 is 0 Å². The van der Waals surface area contributed by atoms with Gasteiger partial charge in [-0.2, -0.15) is 5.26 Å². The van der Waals surface area contributed by atoms with Gasteiger partial charge in [0.15, 0.2) is 0 Å². The lowest BCUT2D eigenvalue weighted by atomic mass is 9.92. The molecule has 3 nitrogen and oxygen atoms in total. The summed E-state index contributed by atoms with van der Waals surface area (Å²) in [6, 6.07) is 2.41. The number of carbonyl (C=O) groups excluding carboxylic acids is 1. The summed E-state index contributed by atoms with van der Waals surface area (Å²) in [5.41, 5.74) is 1.13. The molecule has 1 aliphatic heterocycles. The van der Waals surface area contributed by atoms with Gasteiger partial charge in [0.05, 0.1) is 11.5 Å². The third-order valence-corrected chi connectivity index (χ3v) is 3.44. The first-order chi connectivity index (χ1) is 7.22. The highest BCUT2D eigenvalue weighted by molar-refractivity contribution is 5.76. The van der Waals surface area contributed by atoms with E-state index in [9.17, 15) is 4.79 Å². The van der Waals surface area contributed by atoms with Crippen LogP contribution >= 0.6 is 0 Å². The van der Waals surface area contributed by atoms with Crippen molar-refractivity contribution in [2.24, 2.45) is 5.41 Å². The van der Waals surface area contributed by atoms with Crippen molar-refractivity contribution in [2.45, 2.75) is 32.6 Å². The van der Waals surface area contributed by atoms with Crippen molar-refractivity contribution in [2.75, 3.05) is 13.1 Å². The second kappa shape index (κ2) is 3.69. The second-order valence-electron chi connectivity index (χ2n) is 4.37. The van der Waals surface area contributed by atoms with Gasteiger partial charge in [0.1, 0.15) is 0 Å². The Hall–Kier alpha value is -1.30. The van der Waals surface area contributed by atoms with Crippen LogP contribution in [-0.2, 0) is 4.79 Å². The van der Waals surface area contributed by atoms with Crippen LogP contribution in [-0.4, -0.2) is 23.9 Å². The largest absolute Gasteiger partial charge is 0.339 e. The Morgan fingerprint density at radius 2 is 2.40 bits per heavy atom. The van der Waals surface area contributed by atoms with Gasteiger partial charge in [-0.3, -0.25) is 4.79 Å². The van der Waals surface area contributed by atoms with E-state index in [4.69, 9.17) is 5.26 Å². The molecule has 15 heavy (non-hydrogen) atoms. The highest BCUT2D eigenvalue weighted by Gasteiger charge is 2.46. The smallest absolute Gasteiger partial charge is 0.222 e. The van der Waals surface area contributed by atoms with Crippen molar-refractivity contribution in [1.82, 2.24) is 4.90 Å². The van der Waals surface area contributed by atoms with Gasteiger partial charge in [0.2, 0.25) is 5.91 Å². The van der Waals surface area contributed by atoms with Crippen LogP contribution in [0.2, 0.25) is 0 Å². The van der Waals surface area contributed by atoms with E-state index in [-0.39, 0.29) is 11.3 Å². The maximum Gasteiger partial charge on any atom is 0.222 e. The van der Waals surface area contributed by atoms with E-state index in [2.05, 4.69) is 12.1 Å². The van der Waals surface area contributed by atoms with Crippen molar-refractivity contribution in [3.05, 3.63) is 11.6 Å². The molecule has 0 bridgehead atoms. The van der Waals surface area contributed by atoms with Gasteiger partial charge in [0.25, 0.3) is 0 Å². The third kappa shape index (κ3) is 1.77. The summed E-state index contributed by atoms with van der Waals surface area (Å²) in [7, 11) is 0. The molecule has 1 amide bonds. The topological polar surface area (TPSA) is 44.1 Å². The molecule has 80 valence electrons. The molecule has 0 radical (unpaired) electrons. The number of nitrogens with zero attached hydrogens (tertiary/aromatic N) is 2. The van der Waals surface area contributed by atoms with Crippen molar-refractivity contribution in [3.8, 4) is 6.07 Å². The van der Waals surface area contributed by atoms with Crippen LogP contribution in [0.1, 0.15) is 32.6 Å². The second-order valence-corrected chi connectivity index (χ2v) is 4.37. The van der Waals surface area contributed by atoms with Gasteiger partial charge in [-0.15, -0.1) is 0 Å². The van der Waals surface area contributed by atoms with Crippen molar-refractivity contribution in [3.63, 3.8) is 0 Å². The van der Waals surface area contributed by atoms with E-state index in [1.807, 2.05) is 11.8 Å². The molecule has 0 aromatic heterocycles. The van der Waals surface area contributed by atoms with Crippen LogP contribution in [0.15, 0.2) is 11.6 Å². The predicted octanol–water partition coefficient (Wildman–Crippen LogP) is 1.86. The van der Waals surface area contributed by atoms with E-state index < -0.39 is 0 Å². The first-order valence-electron chi connectivity index (χ1n) is 5.60. The first-order valence-corrected chi connectivity index (χ1v) is 5.60. The first kappa shape index (κ1) is 10.2. The summed E-state index contributed by atoms with van der Waals surface area (Å²) in [5.74, 6) is 0.215. The monoisotopic (exact) mass is 204 g/mol. The molecular formula is C12H16N2O. The standard InChI is InChI=1S/C12H16N2O/c1-2-11(15)14-7-3-10(4-8-14)12(9-13)5-6-12/h3H,2,4-8H2,1H3. The Bertz CT molecular complexity index is 347. The zero-order valence-electron chi connectivity index (χ0n) is 9.12. The lowest BCUT2D eigenvalue weighted by Crippen LogP contribution is -2.35. The molecule has 0 atom stereocenters. The molecule has 0 spiro atoms. The minimum Gasteiger partial charge on any atom is -0.339 e. The molecule has 2 aliphatic rings. The van der Waals surface area contributed by atoms with Crippen LogP contribution in [0.4, 0.5) is 0 Å². The highest BCUT2D eigenvalue weighted by Crippen LogP contribution is 2.52. The molecule has 0 N–H and O–H groups in total. The summed E-state index contributed by atoms with van der Waals surface area (Å²) in [6.45, 7) is 3.38. The Kier molecular flexibility index (Phi) is 2.52. The Balaban J connectivity index is 2.01. The van der Waals surface area contributed by atoms with Gasteiger partial charge in [0, 0.05) is 19.5 Å². The summed E-state index contributed by atoms with van der Waals surface area (Å²) < 4.78 is 0. The maximum absolute atomic E-state index is 11.4. The molecule has 0 unspecified atom stereocenters. The van der Waals surface area contributed by atoms with E-state index in [0.29, 0.717) is 13.0 Å². The van der Waals surface area contributed by atoms with Crippen molar-refractivity contribution in [1.29, 1.82) is 5.26 Å². The molecule has 1 heterocycles. The fourth-order valence-corrected chi connectivity index (χ4v) is 2.18. The fraction of sp³-hybridized carbons (Fsp3) is 0.667. The van der Waals surface area contributed by atoms with Gasteiger partial charge in [-0.1, -0.05) is 18.6 Å². The normalized spacial score (nSPS) is 22.9. The molecule has 0 saturated heterocycles. The molecule has 3 heteroatoms. The number of rotatable bonds is 2. The number of hydrogen-bond acceptors (Lipinski definition) is 2. The molecular weight excluding hydrogens is 188 g/mol. The predicted molar refractivity (Wildman–Crippen MR) is 56.9 cm³/mol. The van der Waals surface area contributed by atoms with Crippen LogP contribution in [0.25, 0.3) is 0 Å². The van der Waals surface area contributed by atoms with Gasteiger partial charge in [-0.25, -0.2) is 0 Å². The lowest BCUT2D eigenvalue weighted by Gasteiger charge is -2.27. The minimum absolute atomic E-state index is 0.138. The summed E-state index contributed by atoms with van der Waals surface area (Å²) >= 11 is 0. The molecule has 0 aromatic rings. The van der Waals surface area contributed by atoms with E-state index in [1.54, 1.807) is 0 Å². The molecule has 1 fully saturated rings. The van der Waals surface area contributed by atoms with Gasteiger partial charge in [-0.05, 0) is 19.3 Å². The van der Waals surface area contributed by atoms with Gasteiger partial charge >= 0.3 is 0 Å². The zero-order chi connectivity index (χ0) is 10.9.